The normalized spacial score (nSPS) is 9.35. The Morgan fingerprint density at radius 3 is 2.08 bits per heavy atom. The third kappa shape index (κ3) is 4.97. The Labute approximate surface area is 149 Å². The molecule has 8 nitrogen and oxygen atoms in total. The van der Waals surface area contributed by atoms with Crippen LogP contribution < -0.4 is 4.74 Å². The Kier molecular flexibility index (Phi) is 7.63. The summed E-state index contributed by atoms with van der Waals surface area (Å²) in [6.07, 6.45) is 0.418. The van der Waals surface area contributed by atoms with E-state index in [0.717, 1.165) is 0 Å². The quantitative estimate of drug-likeness (QED) is 0.627. The van der Waals surface area contributed by atoms with Gasteiger partial charge in [0.1, 0.15) is 5.75 Å². The molecule has 0 saturated heterocycles. The van der Waals surface area contributed by atoms with E-state index in [1.807, 2.05) is 0 Å². The number of esters is 2. The van der Waals surface area contributed by atoms with Crippen molar-refractivity contribution in [2.75, 3.05) is 21.3 Å². The average Bonchev–Trinajstić information content (AvgIpc) is 2.66. The third-order valence-electron chi connectivity index (χ3n) is 3.21. The Morgan fingerprint density at radius 1 is 0.923 bits per heavy atom. The number of carbonyl (C=O) groups excluding carboxylic acids is 3. The molecule has 0 bridgehead atoms. The summed E-state index contributed by atoms with van der Waals surface area (Å²) in [5, 5.41) is 18.5. The largest absolute Gasteiger partial charge is 0.507 e. The number of aromatic hydroxyl groups is 2. The SMILES string of the molecule is COC(=O)c1ccc(OC)c(O)c1.COC(=O)c1cccc(O)c1C=O. The molecule has 0 amide bonds. The molecule has 0 atom stereocenters. The van der Waals surface area contributed by atoms with Crippen LogP contribution in [0.5, 0.6) is 17.2 Å². The Bertz CT molecular complexity index is 798. The molecule has 0 aliphatic rings. The molecule has 2 rings (SSSR count). The van der Waals surface area contributed by atoms with Crippen LogP contribution in [0.1, 0.15) is 31.1 Å². The molecule has 2 aromatic rings. The molecule has 0 unspecified atom stereocenters. The molecule has 2 N–H and O–H groups in total. The summed E-state index contributed by atoms with van der Waals surface area (Å²) in [5.74, 6) is -1.10. The lowest BCUT2D eigenvalue weighted by molar-refractivity contribution is 0.0590. The van der Waals surface area contributed by atoms with Crippen LogP contribution in [0.15, 0.2) is 36.4 Å². The van der Waals surface area contributed by atoms with E-state index in [1.54, 1.807) is 0 Å². The average molecular weight is 362 g/mol. The molecule has 0 saturated carbocycles. The number of rotatable bonds is 4. The van der Waals surface area contributed by atoms with Crippen LogP contribution >= 0.6 is 0 Å². The molecule has 0 heterocycles. The maximum atomic E-state index is 11.1. The number of benzene rings is 2. The Morgan fingerprint density at radius 2 is 1.58 bits per heavy atom. The fourth-order valence-corrected chi connectivity index (χ4v) is 1.90. The van der Waals surface area contributed by atoms with Gasteiger partial charge in [-0.3, -0.25) is 4.79 Å². The lowest BCUT2D eigenvalue weighted by Crippen LogP contribution is -2.05. The van der Waals surface area contributed by atoms with E-state index >= 15 is 0 Å². The summed E-state index contributed by atoms with van der Waals surface area (Å²) in [6, 6.07) is 8.52. The molecular weight excluding hydrogens is 344 g/mol. The Balaban J connectivity index is 0.000000260. The van der Waals surface area contributed by atoms with Gasteiger partial charge in [-0.05, 0) is 30.3 Å². The molecular formula is C18H18O8. The molecule has 0 aliphatic heterocycles. The highest BCUT2D eigenvalue weighted by Gasteiger charge is 2.13. The molecule has 26 heavy (non-hydrogen) atoms. The smallest absolute Gasteiger partial charge is 0.338 e. The second kappa shape index (κ2) is 9.67. The minimum atomic E-state index is -0.641. The maximum Gasteiger partial charge on any atom is 0.338 e. The van der Waals surface area contributed by atoms with Crippen molar-refractivity contribution in [3.8, 4) is 17.2 Å². The van der Waals surface area contributed by atoms with Crippen molar-refractivity contribution in [1.82, 2.24) is 0 Å². The molecule has 8 heteroatoms. The second-order valence-electron chi connectivity index (χ2n) is 4.73. The molecule has 138 valence electrons. The van der Waals surface area contributed by atoms with E-state index in [2.05, 4.69) is 9.47 Å². The van der Waals surface area contributed by atoms with Crippen LogP contribution in [0, 0.1) is 0 Å². The number of hydrogen-bond donors (Lipinski definition) is 2. The zero-order valence-corrected chi connectivity index (χ0v) is 14.4. The summed E-state index contributed by atoms with van der Waals surface area (Å²) in [4.78, 5) is 32.5. The lowest BCUT2D eigenvalue weighted by Gasteiger charge is -2.04. The number of phenolic OH excluding ortho intramolecular Hbond substituents is 2. The predicted molar refractivity (Wildman–Crippen MR) is 90.8 cm³/mol. The van der Waals surface area contributed by atoms with Crippen molar-refractivity contribution in [1.29, 1.82) is 0 Å². The third-order valence-corrected chi connectivity index (χ3v) is 3.21. The first-order chi connectivity index (χ1) is 12.4. The van der Waals surface area contributed by atoms with Crippen molar-refractivity contribution in [2.24, 2.45) is 0 Å². The van der Waals surface area contributed by atoms with Crippen LogP contribution in [0.3, 0.4) is 0 Å². The zero-order chi connectivity index (χ0) is 19.7. The predicted octanol–water partition coefficient (Wildman–Crippen LogP) is 2.18. The summed E-state index contributed by atoms with van der Waals surface area (Å²) in [6.45, 7) is 0. The van der Waals surface area contributed by atoms with Gasteiger partial charge in [0, 0.05) is 0 Å². The van der Waals surface area contributed by atoms with Gasteiger partial charge in [-0.25, -0.2) is 9.59 Å². The van der Waals surface area contributed by atoms with Crippen LogP contribution in [0.2, 0.25) is 0 Å². The highest BCUT2D eigenvalue weighted by Crippen LogP contribution is 2.26. The van der Waals surface area contributed by atoms with E-state index in [4.69, 9.17) is 4.74 Å². The summed E-state index contributed by atoms with van der Waals surface area (Å²) < 4.78 is 13.7. The lowest BCUT2D eigenvalue weighted by atomic mass is 10.1. The number of aldehydes is 1. The van der Waals surface area contributed by atoms with Gasteiger partial charge in [-0.15, -0.1) is 0 Å². The van der Waals surface area contributed by atoms with E-state index in [0.29, 0.717) is 17.6 Å². The topological polar surface area (TPSA) is 119 Å². The van der Waals surface area contributed by atoms with Gasteiger partial charge >= 0.3 is 11.9 Å². The van der Waals surface area contributed by atoms with Crippen molar-refractivity contribution < 1.29 is 38.8 Å². The minimum absolute atomic E-state index is 0.0469. The summed E-state index contributed by atoms with van der Waals surface area (Å²) in [5.41, 5.74) is 0.313. The van der Waals surface area contributed by atoms with Gasteiger partial charge in [-0.1, -0.05) is 6.07 Å². The first kappa shape index (κ1) is 20.5. The van der Waals surface area contributed by atoms with E-state index < -0.39 is 11.9 Å². The van der Waals surface area contributed by atoms with Gasteiger partial charge in [0.05, 0.1) is 38.0 Å². The van der Waals surface area contributed by atoms with Gasteiger partial charge in [0.15, 0.2) is 17.8 Å². The first-order valence-electron chi connectivity index (χ1n) is 7.20. The number of hydrogen-bond acceptors (Lipinski definition) is 8. The summed E-state index contributed by atoms with van der Waals surface area (Å²) >= 11 is 0. The van der Waals surface area contributed by atoms with Crippen LogP contribution in [0.4, 0.5) is 0 Å². The van der Waals surface area contributed by atoms with Gasteiger partial charge in [-0.2, -0.15) is 0 Å². The summed E-state index contributed by atoms with van der Waals surface area (Å²) in [7, 11) is 3.93. The van der Waals surface area contributed by atoms with Crippen LogP contribution in [-0.4, -0.2) is 49.8 Å². The highest BCUT2D eigenvalue weighted by atomic mass is 16.5. The van der Waals surface area contributed by atoms with Crippen LogP contribution in [-0.2, 0) is 9.47 Å². The number of ether oxygens (including phenoxy) is 3. The van der Waals surface area contributed by atoms with E-state index in [-0.39, 0.29) is 22.6 Å². The molecule has 2 aromatic carbocycles. The number of carbonyl (C=O) groups is 3. The van der Waals surface area contributed by atoms with Gasteiger partial charge < -0.3 is 24.4 Å². The van der Waals surface area contributed by atoms with Crippen molar-refractivity contribution in [3.05, 3.63) is 53.1 Å². The molecule has 0 aromatic heterocycles. The zero-order valence-electron chi connectivity index (χ0n) is 14.4. The number of phenols is 2. The Hall–Kier alpha value is -3.55. The van der Waals surface area contributed by atoms with E-state index in [1.165, 1.54) is 57.7 Å². The maximum absolute atomic E-state index is 11.1. The number of methoxy groups -OCH3 is 3. The first-order valence-corrected chi connectivity index (χ1v) is 7.20. The minimum Gasteiger partial charge on any atom is -0.507 e. The molecule has 0 radical (unpaired) electrons. The fraction of sp³-hybridized carbons (Fsp3) is 0.167. The standard InChI is InChI=1S/C9H10O4.C9H8O4/c1-12-8-4-3-6(5-7(8)10)9(11)13-2;1-13-9(12)6-3-2-4-8(11)7(6)5-10/h3-5,10H,1-2H3;2-5,11H,1H3. The molecule has 0 aliphatic carbocycles. The van der Waals surface area contributed by atoms with Gasteiger partial charge in [0.2, 0.25) is 0 Å². The van der Waals surface area contributed by atoms with Crippen molar-refractivity contribution >= 4 is 18.2 Å². The van der Waals surface area contributed by atoms with Crippen LogP contribution in [0.25, 0.3) is 0 Å². The molecule has 0 fully saturated rings. The van der Waals surface area contributed by atoms with Gasteiger partial charge in [0.25, 0.3) is 0 Å². The fourth-order valence-electron chi connectivity index (χ4n) is 1.90. The highest BCUT2D eigenvalue weighted by molar-refractivity contribution is 5.99. The van der Waals surface area contributed by atoms with E-state index in [9.17, 15) is 24.6 Å². The molecule has 0 spiro atoms. The van der Waals surface area contributed by atoms with Crippen molar-refractivity contribution in [3.63, 3.8) is 0 Å². The second-order valence-corrected chi connectivity index (χ2v) is 4.73. The van der Waals surface area contributed by atoms with Crippen molar-refractivity contribution in [2.45, 2.75) is 0 Å². The monoisotopic (exact) mass is 362 g/mol.